The molecule has 11 nitrogen and oxygen atoms in total. The van der Waals surface area contributed by atoms with Crippen LogP contribution in [0.25, 0.3) is 11.4 Å². The van der Waals surface area contributed by atoms with Crippen molar-refractivity contribution in [1.29, 1.82) is 0 Å². The molecule has 1 fully saturated rings. The molecule has 1 aliphatic rings. The molecule has 1 atom stereocenters. The smallest absolute Gasteiger partial charge is 0.350 e. The number of aryl methyl sites for hydroxylation is 2. The van der Waals surface area contributed by atoms with Crippen LogP contribution < -0.4 is 14.4 Å². The van der Waals surface area contributed by atoms with Gasteiger partial charge >= 0.3 is 11.9 Å². The summed E-state index contributed by atoms with van der Waals surface area (Å²) in [5.74, 6) is -1.95. The van der Waals surface area contributed by atoms with Gasteiger partial charge in [0.05, 0.1) is 36.7 Å². The van der Waals surface area contributed by atoms with Crippen molar-refractivity contribution in [1.82, 2.24) is 14.4 Å². The first-order chi connectivity index (χ1) is 21.7. The number of aromatic nitrogens is 3. The standard InChI is InChI=1S/C33H34N4O7S/c1-6-8-11-17-43-22-14-13-21(18-23(22)42-5)27-25(28(38)26-19(3)34-24-12-9-10-15-36(24)26)29(39)31(40)37(27)33-35-20(4)30(45-33)32(41)44-16-7-2/h7,9-10,12-15,18,27,38H,2,6,8,11,16-17H2,1,3-5H3/b28-25+. The molecule has 1 saturated heterocycles. The number of anilines is 1. The van der Waals surface area contributed by atoms with E-state index < -0.39 is 29.5 Å². The van der Waals surface area contributed by atoms with E-state index in [1.54, 1.807) is 54.8 Å². The topological polar surface area (TPSA) is 133 Å². The molecule has 1 aliphatic heterocycles. The van der Waals surface area contributed by atoms with Crippen LogP contribution in [0.2, 0.25) is 0 Å². The van der Waals surface area contributed by atoms with Crippen molar-refractivity contribution in [3.8, 4) is 11.5 Å². The molecule has 5 rings (SSSR count). The Balaban J connectivity index is 1.68. The Morgan fingerprint density at radius 3 is 2.64 bits per heavy atom. The number of benzene rings is 1. The SMILES string of the molecule is C=CCOC(=O)c1sc(N2C(=O)C(=O)/C(=C(/O)c3c(C)nc4ccccn34)C2c2ccc(OCCCCC)c(OC)c2)nc1C. The van der Waals surface area contributed by atoms with Crippen molar-refractivity contribution >= 4 is 45.5 Å². The van der Waals surface area contributed by atoms with E-state index in [9.17, 15) is 19.5 Å². The fraction of sp³-hybridized carbons (Fsp3) is 0.303. The summed E-state index contributed by atoms with van der Waals surface area (Å²) in [5, 5.41) is 11.9. The number of imidazole rings is 1. The van der Waals surface area contributed by atoms with E-state index in [4.69, 9.17) is 14.2 Å². The van der Waals surface area contributed by atoms with Crippen molar-refractivity contribution in [3.05, 3.63) is 88.3 Å². The van der Waals surface area contributed by atoms with E-state index in [0.717, 1.165) is 30.6 Å². The van der Waals surface area contributed by atoms with Crippen LogP contribution >= 0.6 is 11.3 Å². The van der Waals surface area contributed by atoms with Gasteiger partial charge in [-0.25, -0.2) is 14.8 Å². The minimum absolute atomic E-state index is 0.00133. The van der Waals surface area contributed by atoms with Gasteiger partial charge in [-0.05, 0) is 50.1 Å². The van der Waals surface area contributed by atoms with Crippen molar-refractivity contribution in [2.24, 2.45) is 0 Å². The maximum absolute atomic E-state index is 13.8. The molecule has 3 aromatic heterocycles. The minimum Gasteiger partial charge on any atom is -0.505 e. The number of aliphatic hydroxyl groups is 1. The van der Waals surface area contributed by atoms with Crippen LogP contribution in [0.15, 0.2) is 60.8 Å². The quantitative estimate of drug-likeness (QED) is 0.0503. The molecule has 4 heterocycles. The first-order valence-electron chi connectivity index (χ1n) is 14.5. The number of nitrogens with zero attached hydrogens (tertiary/aromatic N) is 4. The van der Waals surface area contributed by atoms with Gasteiger partial charge in [0.2, 0.25) is 0 Å². The fourth-order valence-electron chi connectivity index (χ4n) is 5.25. The molecule has 0 bridgehead atoms. The van der Waals surface area contributed by atoms with Crippen molar-refractivity contribution < 1.29 is 33.7 Å². The second-order valence-corrected chi connectivity index (χ2v) is 11.4. The lowest BCUT2D eigenvalue weighted by atomic mass is 9.96. The van der Waals surface area contributed by atoms with E-state index in [0.29, 0.717) is 40.7 Å². The molecule has 12 heteroatoms. The zero-order valence-corrected chi connectivity index (χ0v) is 26.3. The van der Waals surface area contributed by atoms with Crippen molar-refractivity contribution in [2.45, 2.75) is 46.1 Å². The highest BCUT2D eigenvalue weighted by Crippen LogP contribution is 2.46. The number of pyridine rings is 1. The Morgan fingerprint density at radius 2 is 1.91 bits per heavy atom. The second-order valence-electron chi connectivity index (χ2n) is 10.4. The third-order valence-electron chi connectivity index (χ3n) is 7.39. The third-order valence-corrected chi connectivity index (χ3v) is 8.53. The van der Waals surface area contributed by atoms with Gasteiger partial charge in [0.1, 0.15) is 22.8 Å². The molecule has 1 N–H and O–H groups in total. The number of carbonyl (C=O) groups is 3. The number of ether oxygens (including phenoxy) is 3. The molecule has 0 spiro atoms. The number of amides is 1. The van der Waals surface area contributed by atoms with Gasteiger partial charge in [-0.3, -0.25) is 18.9 Å². The number of rotatable bonds is 12. The number of thiazole rings is 1. The zero-order chi connectivity index (χ0) is 32.2. The molecule has 1 aromatic carbocycles. The van der Waals surface area contributed by atoms with E-state index in [1.807, 2.05) is 6.07 Å². The predicted molar refractivity (Wildman–Crippen MR) is 170 cm³/mol. The summed E-state index contributed by atoms with van der Waals surface area (Å²) in [6.07, 6.45) is 6.11. The maximum atomic E-state index is 13.8. The summed E-state index contributed by atoms with van der Waals surface area (Å²) >= 11 is 0.920. The Morgan fingerprint density at radius 1 is 1.11 bits per heavy atom. The van der Waals surface area contributed by atoms with Crippen LogP contribution in [0.5, 0.6) is 11.5 Å². The van der Waals surface area contributed by atoms with Crippen LogP contribution in [0.4, 0.5) is 5.13 Å². The molecule has 0 aliphatic carbocycles. The normalized spacial score (nSPS) is 15.9. The van der Waals surface area contributed by atoms with Crippen LogP contribution in [0, 0.1) is 13.8 Å². The first kappa shape index (κ1) is 31.5. The summed E-state index contributed by atoms with van der Waals surface area (Å²) in [5.41, 5.74) is 1.94. The molecule has 0 radical (unpaired) electrons. The lowest BCUT2D eigenvalue weighted by molar-refractivity contribution is -0.132. The number of esters is 1. The number of carbonyl (C=O) groups excluding carboxylic acids is 3. The minimum atomic E-state index is -1.12. The largest absolute Gasteiger partial charge is 0.505 e. The molecule has 1 amide bonds. The van der Waals surface area contributed by atoms with Crippen LogP contribution in [-0.4, -0.2) is 57.5 Å². The Kier molecular flexibility index (Phi) is 9.33. The molecule has 45 heavy (non-hydrogen) atoms. The number of fused-ring (bicyclic) bond motifs is 1. The van der Waals surface area contributed by atoms with Crippen LogP contribution in [0.1, 0.15) is 64.5 Å². The summed E-state index contributed by atoms with van der Waals surface area (Å²) in [4.78, 5) is 50.7. The van der Waals surface area contributed by atoms with Gasteiger partial charge in [0, 0.05) is 6.20 Å². The Bertz CT molecular complexity index is 1820. The highest BCUT2D eigenvalue weighted by molar-refractivity contribution is 7.17. The molecule has 4 aromatic rings. The number of hydrogen-bond donors (Lipinski definition) is 1. The lowest BCUT2D eigenvalue weighted by Gasteiger charge is -2.24. The highest BCUT2D eigenvalue weighted by atomic mass is 32.1. The molecular formula is C33H34N4O7S. The Labute approximate surface area is 264 Å². The lowest BCUT2D eigenvalue weighted by Crippen LogP contribution is -2.29. The predicted octanol–water partition coefficient (Wildman–Crippen LogP) is 5.95. The van der Waals surface area contributed by atoms with E-state index in [2.05, 4.69) is 23.5 Å². The summed E-state index contributed by atoms with van der Waals surface area (Å²) < 4.78 is 18.5. The highest BCUT2D eigenvalue weighted by Gasteiger charge is 2.49. The van der Waals surface area contributed by atoms with Gasteiger partial charge in [-0.2, -0.15) is 0 Å². The van der Waals surface area contributed by atoms with E-state index in [1.165, 1.54) is 18.1 Å². The van der Waals surface area contributed by atoms with Crippen molar-refractivity contribution in [3.63, 3.8) is 0 Å². The van der Waals surface area contributed by atoms with Crippen LogP contribution in [-0.2, 0) is 14.3 Å². The first-order valence-corrected chi connectivity index (χ1v) is 15.3. The number of Topliss-reactive ketones (excluding diaryl/α,β-unsaturated/α-hetero) is 1. The number of ketones is 1. The fourth-order valence-corrected chi connectivity index (χ4v) is 6.24. The van der Waals surface area contributed by atoms with Gasteiger partial charge in [-0.1, -0.05) is 55.9 Å². The number of unbranched alkanes of at least 4 members (excludes halogenated alkanes) is 2. The van der Waals surface area contributed by atoms with Crippen LogP contribution in [0.3, 0.4) is 0 Å². The molecular weight excluding hydrogens is 596 g/mol. The van der Waals surface area contributed by atoms with Gasteiger partial charge in [-0.15, -0.1) is 0 Å². The molecule has 234 valence electrons. The second kappa shape index (κ2) is 13.3. The van der Waals surface area contributed by atoms with Crippen molar-refractivity contribution in [2.75, 3.05) is 25.2 Å². The summed E-state index contributed by atoms with van der Waals surface area (Å²) in [7, 11) is 1.50. The third kappa shape index (κ3) is 5.93. The summed E-state index contributed by atoms with van der Waals surface area (Å²) in [6, 6.07) is 9.34. The monoisotopic (exact) mass is 630 g/mol. The van der Waals surface area contributed by atoms with E-state index in [-0.39, 0.29) is 27.9 Å². The zero-order valence-electron chi connectivity index (χ0n) is 25.5. The average Bonchev–Trinajstić information content (AvgIpc) is 3.67. The number of hydrogen-bond acceptors (Lipinski definition) is 10. The number of methoxy groups -OCH3 is 1. The van der Waals surface area contributed by atoms with Gasteiger partial charge in [0.25, 0.3) is 5.78 Å². The Hall–Kier alpha value is -4.97. The summed E-state index contributed by atoms with van der Waals surface area (Å²) in [6.45, 7) is 9.50. The maximum Gasteiger partial charge on any atom is 0.350 e. The average molecular weight is 631 g/mol. The van der Waals surface area contributed by atoms with E-state index >= 15 is 0 Å². The number of aliphatic hydroxyl groups excluding tert-OH is 1. The van der Waals surface area contributed by atoms with Gasteiger partial charge in [0.15, 0.2) is 22.4 Å². The molecule has 0 saturated carbocycles. The molecule has 1 unspecified atom stereocenters. The van der Waals surface area contributed by atoms with Gasteiger partial charge < -0.3 is 19.3 Å².